The predicted octanol–water partition coefficient (Wildman–Crippen LogP) is -2.62. The number of likely N-dealkylation sites (tertiary alicyclic amines) is 1. The van der Waals surface area contributed by atoms with Crippen molar-refractivity contribution in [3.8, 4) is 0 Å². The number of rotatable bonds is 2. The molecule has 0 aromatic rings. The molecule has 0 radical (unpaired) electrons. The van der Waals surface area contributed by atoms with Gasteiger partial charge in [0.25, 0.3) is 0 Å². The molecule has 0 bridgehead atoms. The summed E-state index contributed by atoms with van der Waals surface area (Å²) in [7, 11) is 0. The van der Waals surface area contributed by atoms with Crippen LogP contribution >= 0.6 is 0 Å². The molecular formula is C7H15NO4. The van der Waals surface area contributed by atoms with Crippen LogP contribution in [0.1, 0.15) is 0 Å². The Morgan fingerprint density at radius 2 is 1.58 bits per heavy atom. The average Bonchev–Trinajstić information content (AvgIpc) is 2.01. The van der Waals surface area contributed by atoms with E-state index in [0.29, 0.717) is 19.6 Å². The van der Waals surface area contributed by atoms with E-state index in [1.807, 2.05) is 0 Å². The second kappa shape index (κ2) is 4.15. The van der Waals surface area contributed by atoms with Gasteiger partial charge < -0.3 is 20.4 Å². The van der Waals surface area contributed by atoms with E-state index in [9.17, 15) is 10.2 Å². The normalized spacial score (nSPS) is 38.5. The van der Waals surface area contributed by atoms with E-state index in [2.05, 4.69) is 0 Å². The molecule has 72 valence electrons. The van der Waals surface area contributed by atoms with Crippen LogP contribution in [0.2, 0.25) is 0 Å². The first kappa shape index (κ1) is 9.88. The molecule has 0 aliphatic carbocycles. The van der Waals surface area contributed by atoms with Gasteiger partial charge in [-0.2, -0.15) is 0 Å². The summed E-state index contributed by atoms with van der Waals surface area (Å²) in [6, 6.07) is 0. The Balaban J connectivity index is 2.42. The quantitative estimate of drug-likeness (QED) is 0.371. The molecule has 1 rings (SSSR count). The zero-order chi connectivity index (χ0) is 9.14. The van der Waals surface area contributed by atoms with Crippen LogP contribution in [0, 0.1) is 0 Å². The summed E-state index contributed by atoms with van der Waals surface area (Å²) in [5.74, 6) is 0. The van der Waals surface area contributed by atoms with E-state index in [1.54, 1.807) is 4.90 Å². The second-order valence-electron chi connectivity index (χ2n) is 3.11. The summed E-state index contributed by atoms with van der Waals surface area (Å²) in [5.41, 5.74) is 0. The van der Waals surface area contributed by atoms with Gasteiger partial charge in [0, 0.05) is 19.6 Å². The van der Waals surface area contributed by atoms with Gasteiger partial charge in [-0.15, -0.1) is 0 Å². The zero-order valence-corrected chi connectivity index (χ0v) is 6.80. The molecule has 5 heteroatoms. The number of hydrogen-bond acceptors (Lipinski definition) is 5. The van der Waals surface area contributed by atoms with Gasteiger partial charge >= 0.3 is 0 Å². The topological polar surface area (TPSA) is 84.2 Å². The Morgan fingerprint density at radius 1 is 1.08 bits per heavy atom. The number of nitrogens with zero attached hydrogens (tertiary/aromatic N) is 1. The van der Waals surface area contributed by atoms with Crippen molar-refractivity contribution in [1.82, 2.24) is 4.90 Å². The molecule has 0 saturated carbocycles. The molecule has 0 amide bonds. The molecule has 1 aliphatic heterocycles. The van der Waals surface area contributed by atoms with Crippen LogP contribution in [-0.2, 0) is 0 Å². The summed E-state index contributed by atoms with van der Waals surface area (Å²) in [6.07, 6.45) is -2.89. The molecule has 2 unspecified atom stereocenters. The van der Waals surface area contributed by atoms with Crippen LogP contribution in [0.3, 0.4) is 0 Å². The molecule has 12 heavy (non-hydrogen) atoms. The van der Waals surface area contributed by atoms with Crippen LogP contribution in [0.4, 0.5) is 0 Å². The first-order chi connectivity index (χ1) is 5.65. The molecule has 1 fully saturated rings. The van der Waals surface area contributed by atoms with E-state index in [-0.39, 0.29) is 6.61 Å². The van der Waals surface area contributed by atoms with Crippen molar-refractivity contribution in [2.45, 2.75) is 18.3 Å². The molecular weight excluding hydrogens is 162 g/mol. The highest BCUT2D eigenvalue weighted by Crippen LogP contribution is 2.10. The lowest BCUT2D eigenvalue weighted by molar-refractivity contribution is -0.111. The summed E-state index contributed by atoms with van der Waals surface area (Å²) in [4.78, 5) is 1.71. The van der Waals surface area contributed by atoms with Crippen molar-refractivity contribution in [3.63, 3.8) is 0 Å². The Labute approximate surface area is 70.9 Å². The van der Waals surface area contributed by atoms with Crippen LogP contribution in [0.25, 0.3) is 0 Å². The summed E-state index contributed by atoms with van der Waals surface area (Å²) < 4.78 is 0. The third-order valence-corrected chi connectivity index (χ3v) is 2.10. The highest BCUT2D eigenvalue weighted by Gasteiger charge is 2.32. The van der Waals surface area contributed by atoms with Gasteiger partial charge in [-0.3, -0.25) is 4.90 Å². The van der Waals surface area contributed by atoms with Gasteiger partial charge in [-0.1, -0.05) is 0 Å². The minimum Gasteiger partial charge on any atom is -0.395 e. The molecule has 2 atom stereocenters. The average molecular weight is 177 g/mol. The van der Waals surface area contributed by atoms with Crippen LogP contribution in [-0.4, -0.2) is 69.9 Å². The molecule has 1 aliphatic rings. The van der Waals surface area contributed by atoms with Gasteiger partial charge in [0.15, 0.2) is 0 Å². The first-order valence-corrected chi connectivity index (χ1v) is 4.02. The molecule has 1 heterocycles. The fraction of sp³-hybridized carbons (Fsp3) is 1.00. The third-order valence-electron chi connectivity index (χ3n) is 2.10. The number of piperidine rings is 1. The van der Waals surface area contributed by atoms with Gasteiger partial charge in [-0.05, 0) is 0 Å². The summed E-state index contributed by atoms with van der Waals surface area (Å²) in [5, 5.41) is 36.2. The van der Waals surface area contributed by atoms with E-state index in [4.69, 9.17) is 10.2 Å². The smallest absolute Gasteiger partial charge is 0.108 e. The lowest BCUT2D eigenvalue weighted by atomic mass is 10.0. The van der Waals surface area contributed by atoms with Gasteiger partial charge in [0.2, 0.25) is 0 Å². The largest absolute Gasteiger partial charge is 0.395 e. The maximum Gasteiger partial charge on any atom is 0.108 e. The van der Waals surface area contributed by atoms with E-state index in [1.165, 1.54) is 0 Å². The molecule has 0 spiro atoms. The van der Waals surface area contributed by atoms with Gasteiger partial charge in [0.05, 0.1) is 18.8 Å². The standard InChI is InChI=1S/C7H15NO4/c9-2-1-8-3-5(10)7(12)6(11)4-8/h5-7,9-12H,1-4H2. The highest BCUT2D eigenvalue weighted by atomic mass is 16.4. The van der Waals surface area contributed by atoms with Crippen LogP contribution in [0.5, 0.6) is 0 Å². The zero-order valence-electron chi connectivity index (χ0n) is 6.80. The Kier molecular flexibility index (Phi) is 3.42. The lowest BCUT2D eigenvalue weighted by Gasteiger charge is -2.36. The second-order valence-corrected chi connectivity index (χ2v) is 3.11. The van der Waals surface area contributed by atoms with Crippen molar-refractivity contribution in [3.05, 3.63) is 0 Å². The predicted molar refractivity (Wildman–Crippen MR) is 41.5 cm³/mol. The minimum atomic E-state index is -1.06. The fourth-order valence-corrected chi connectivity index (χ4v) is 1.40. The van der Waals surface area contributed by atoms with E-state index in [0.717, 1.165) is 0 Å². The molecule has 0 aromatic carbocycles. The van der Waals surface area contributed by atoms with Crippen molar-refractivity contribution in [2.75, 3.05) is 26.2 Å². The minimum absolute atomic E-state index is 0.00443. The molecule has 0 aromatic heterocycles. The lowest BCUT2D eigenvalue weighted by Crippen LogP contribution is -2.55. The van der Waals surface area contributed by atoms with Crippen molar-refractivity contribution in [2.24, 2.45) is 0 Å². The summed E-state index contributed by atoms with van der Waals surface area (Å²) in [6.45, 7) is 1.02. The highest BCUT2D eigenvalue weighted by molar-refractivity contribution is 4.85. The van der Waals surface area contributed by atoms with Gasteiger partial charge in [0.1, 0.15) is 6.10 Å². The van der Waals surface area contributed by atoms with Crippen molar-refractivity contribution in [1.29, 1.82) is 0 Å². The van der Waals surface area contributed by atoms with Crippen molar-refractivity contribution < 1.29 is 20.4 Å². The molecule has 1 saturated heterocycles. The maximum absolute atomic E-state index is 9.21. The number of hydrogen-bond donors (Lipinski definition) is 4. The van der Waals surface area contributed by atoms with Crippen LogP contribution in [0.15, 0.2) is 0 Å². The third kappa shape index (κ3) is 2.15. The SMILES string of the molecule is OCCN1CC(O)C(O)C(O)C1. The maximum atomic E-state index is 9.21. The van der Waals surface area contributed by atoms with Crippen LogP contribution < -0.4 is 0 Å². The number of β-amino-alcohol motifs (C(OH)–C–C–N with tert-alkyl or cyclic N) is 3. The van der Waals surface area contributed by atoms with E-state index >= 15 is 0 Å². The Hall–Kier alpha value is -0.200. The molecule has 4 N–H and O–H groups in total. The fourth-order valence-electron chi connectivity index (χ4n) is 1.40. The van der Waals surface area contributed by atoms with E-state index < -0.39 is 18.3 Å². The number of aliphatic hydroxyl groups excluding tert-OH is 4. The number of aliphatic hydroxyl groups is 4. The van der Waals surface area contributed by atoms with Crippen molar-refractivity contribution >= 4 is 0 Å². The van der Waals surface area contributed by atoms with Gasteiger partial charge in [-0.25, -0.2) is 0 Å². The Morgan fingerprint density at radius 3 is 2.00 bits per heavy atom. The molecule has 5 nitrogen and oxygen atoms in total. The Bertz CT molecular complexity index is 131. The monoisotopic (exact) mass is 177 g/mol. The first-order valence-electron chi connectivity index (χ1n) is 4.02. The summed E-state index contributed by atoms with van der Waals surface area (Å²) >= 11 is 0.